The normalized spacial score (nSPS) is 10.3. The van der Waals surface area contributed by atoms with Crippen molar-refractivity contribution < 1.29 is 19.1 Å². The van der Waals surface area contributed by atoms with Gasteiger partial charge in [-0.1, -0.05) is 29.5 Å². The fraction of sp³-hybridized carbons (Fsp3) is 0.200. The zero-order chi connectivity index (χ0) is 20.6. The molecule has 8 nitrogen and oxygen atoms in total. The number of anilines is 1. The lowest BCUT2D eigenvalue weighted by molar-refractivity contribution is 0.0948. The van der Waals surface area contributed by atoms with Crippen LogP contribution >= 0.6 is 11.3 Å². The first-order chi connectivity index (χ1) is 14.1. The van der Waals surface area contributed by atoms with Gasteiger partial charge >= 0.3 is 0 Å². The molecule has 0 fully saturated rings. The predicted molar refractivity (Wildman–Crippen MR) is 110 cm³/mol. The minimum absolute atomic E-state index is 0.0979. The van der Waals surface area contributed by atoms with Crippen LogP contribution in [-0.2, 0) is 6.54 Å². The highest BCUT2D eigenvalue weighted by Gasteiger charge is 2.18. The molecule has 3 rings (SSSR count). The Morgan fingerprint density at radius 3 is 2.38 bits per heavy atom. The average molecular weight is 412 g/mol. The highest BCUT2D eigenvalue weighted by molar-refractivity contribution is 7.15. The van der Waals surface area contributed by atoms with Gasteiger partial charge in [0.1, 0.15) is 11.5 Å². The number of ether oxygens (including phenoxy) is 2. The monoisotopic (exact) mass is 412 g/mol. The molecule has 2 amide bonds. The minimum Gasteiger partial charge on any atom is -0.497 e. The molecule has 0 saturated heterocycles. The van der Waals surface area contributed by atoms with E-state index >= 15 is 0 Å². The van der Waals surface area contributed by atoms with Crippen LogP contribution in [0, 0.1) is 0 Å². The summed E-state index contributed by atoms with van der Waals surface area (Å²) in [5, 5.41) is 13.3. The number of para-hydroxylation sites is 1. The SMILES string of the molecule is CCOc1ccccc1CNC(=O)c1nnc(C(=O)Nc2ccc(OC)cc2)s1. The van der Waals surface area contributed by atoms with Crippen LogP contribution in [0.25, 0.3) is 0 Å². The number of nitrogens with one attached hydrogen (secondary N) is 2. The molecule has 0 spiro atoms. The Morgan fingerprint density at radius 2 is 1.69 bits per heavy atom. The second-order valence-corrected chi connectivity index (χ2v) is 6.80. The van der Waals surface area contributed by atoms with Crippen LogP contribution in [0.15, 0.2) is 48.5 Å². The molecule has 150 valence electrons. The lowest BCUT2D eigenvalue weighted by Gasteiger charge is -2.10. The summed E-state index contributed by atoms with van der Waals surface area (Å²) in [6.07, 6.45) is 0. The number of amides is 2. The Hall–Kier alpha value is -3.46. The summed E-state index contributed by atoms with van der Waals surface area (Å²) in [4.78, 5) is 24.7. The molecular formula is C20H20N4O4S. The highest BCUT2D eigenvalue weighted by atomic mass is 32.1. The van der Waals surface area contributed by atoms with Crippen molar-refractivity contribution in [2.45, 2.75) is 13.5 Å². The summed E-state index contributed by atoms with van der Waals surface area (Å²) >= 11 is 0.923. The zero-order valence-corrected chi connectivity index (χ0v) is 16.8. The molecule has 0 radical (unpaired) electrons. The fourth-order valence-corrected chi connectivity index (χ4v) is 3.12. The first-order valence-corrected chi connectivity index (χ1v) is 9.70. The molecule has 2 N–H and O–H groups in total. The van der Waals surface area contributed by atoms with E-state index < -0.39 is 11.8 Å². The Bertz CT molecular complexity index is 988. The maximum atomic E-state index is 12.4. The van der Waals surface area contributed by atoms with Crippen molar-refractivity contribution in [3.63, 3.8) is 0 Å². The number of benzene rings is 2. The van der Waals surface area contributed by atoms with Gasteiger partial charge in [0.2, 0.25) is 10.0 Å². The van der Waals surface area contributed by atoms with Crippen molar-refractivity contribution in [3.05, 3.63) is 64.1 Å². The zero-order valence-electron chi connectivity index (χ0n) is 16.0. The van der Waals surface area contributed by atoms with Crippen molar-refractivity contribution in [1.29, 1.82) is 0 Å². The van der Waals surface area contributed by atoms with Crippen LogP contribution in [0.3, 0.4) is 0 Å². The van der Waals surface area contributed by atoms with Crippen molar-refractivity contribution in [2.24, 2.45) is 0 Å². The predicted octanol–water partition coefficient (Wildman–Crippen LogP) is 3.13. The molecule has 3 aromatic rings. The van der Waals surface area contributed by atoms with E-state index in [1.165, 1.54) is 0 Å². The maximum absolute atomic E-state index is 12.4. The quantitative estimate of drug-likeness (QED) is 0.589. The van der Waals surface area contributed by atoms with Gasteiger partial charge in [-0.05, 0) is 37.3 Å². The van der Waals surface area contributed by atoms with E-state index in [0.717, 1.165) is 16.9 Å². The lowest BCUT2D eigenvalue weighted by Crippen LogP contribution is -2.23. The summed E-state index contributed by atoms with van der Waals surface area (Å²) in [5.74, 6) is 0.557. The molecule has 0 aliphatic rings. The molecule has 0 bridgehead atoms. The molecule has 0 aliphatic carbocycles. The van der Waals surface area contributed by atoms with Gasteiger partial charge in [-0.3, -0.25) is 9.59 Å². The van der Waals surface area contributed by atoms with Crippen LogP contribution in [0.1, 0.15) is 32.1 Å². The summed E-state index contributed by atoms with van der Waals surface area (Å²) < 4.78 is 10.6. The van der Waals surface area contributed by atoms with Crippen LogP contribution in [-0.4, -0.2) is 35.7 Å². The summed E-state index contributed by atoms with van der Waals surface area (Å²) in [5.41, 5.74) is 1.44. The van der Waals surface area contributed by atoms with E-state index in [2.05, 4.69) is 20.8 Å². The molecule has 0 atom stereocenters. The number of rotatable bonds is 8. The van der Waals surface area contributed by atoms with Crippen molar-refractivity contribution in [3.8, 4) is 11.5 Å². The molecule has 2 aromatic carbocycles. The lowest BCUT2D eigenvalue weighted by atomic mass is 10.2. The largest absolute Gasteiger partial charge is 0.497 e. The first kappa shape index (κ1) is 20.3. The smallest absolute Gasteiger partial charge is 0.286 e. The second kappa shape index (κ2) is 9.65. The van der Waals surface area contributed by atoms with Gasteiger partial charge in [-0.25, -0.2) is 0 Å². The Labute approximate surface area is 171 Å². The van der Waals surface area contributed by atoms with Crippen molar-refractivity contribution in [2.75, 3.05) is 19.0 Å². The molecule has 1 aromatic heterocycles. The second-order valence-electron chi connectivity index (χ2n) is 5.82. The van der Waals surface area contributed by atoms with E-state index in [4.69, 9.17) is 9.47 Å². The standard InChI is InChI=1S/C20H20N4O4S/c1-3-28-16-7-5-4-6-13(16)12-21-17(25)19-23-24-20(29-19)18(26)22-14-8-10-15(27-2)11-9-14/h4-11H,3,12H2,1-2H3,(H,21,25)(H,22,26). The summed E-state index contributed by atoms with van der Waals surface area (Å²) in [7, 11) is 1.57. The van der Waals surface area contributed by atoms with Gasteiger partial charge in [-0.2, -0.15) is 0 Å². The van der Waals surface area contributed by atoms with E-state index in [1.807, 2.05) is 31.2 Å². The number of carbonyl (C=O) groups is 2. The first-order valence-electron chi connectivity index (χ1n) is 8.88. The molecule has 0 saturated carbocycles. The topological polar surface area (TPSA) is 102 Å². The molecular weight excluding hydrogens is 392 g/mol. The van der Waals surface area contributed by atoms with E-state index in [9.17, 15) is 9.59 Å². The number of methoxy groups -OCH3 is 1. The van der Waals surface area contributed by atoms with Crippen molar-refractivity contribution in [1.82, 2.24) is 15.5 Å². The minimum atomic E-state index is -0.437. The van der Waals surface area contributed by atoms with E-state index in [0.29, 0.717) is 23.8 Å². The maximum Gasteiger partial charge on any atom is 0.286 e. The van der Waals surface area contributed by atoms with Crippen LogP contribution in [0.4, 0.5) is 5.69 Å². The number of hydrogen-bond acceptors (Lipinski definition) is 7. The van der Waals surface area contributed by atoms with E-state index in [-0.39, 0.29) is 16.6 Å². The average Bonchev–Trinajstić information content (AvgIpc) is 3.24. The molecule has 1 heterocycles. The third-order valence-corrected chi connectivity index (χ3v) is 4.79. The van der Waals surface area contributed by atoms with Crippen molar-refractivity contribution >= 4 is 28.8 Å². The number of carbonyl (C=O) groups excluding carboxylic acids is 2. The summed E-state index contributed by atoms with van der Waals surface area (Å²) in [6.45, 7) is 2.71. The highest BCUT2D eigenvalue weighted by Crippen LogP contribution is 2.19. The molecule has 29 heavy (non-hydrogen) atoms. The fourth-order valence-electron chi connectivity index (χ4n) is 2.46. The molecule has 0 unspecified atom stereocenters. The number of hydrogen-bond donors (Lipinski definition) is 2. The van der Waals surface area contributed by atoms with Gasteiger partial charge in [0.15, 0.2) is 0 Å². The Balaban J connectivity index is 1.60. The van der Waals surface area contributed by atoms with Gasteiger partial charge in [-0.15, -0.1) is 10.2 Å². The van der Waals surface area contributed by atoms with Crippen LogP contribution < -0.4 is 20.1 Å². The van der Waals surface area contributed by atoms with Gasteiger partial charge in [0.25, 0.3) is 11.8 Å². The Kier molecular flexibility index (Phi) is 6.75. The van der Waals surface area contributed by atoms with E-state index in [1.54, 1.807) is 31.4 Å². The molecule has 9 heteroatoms. The number of aromatic nitrogens is 2. The van der Waals surface area contributed by atoms with Crippen LogP contribution in [0.2, 0.25) is 0 Å². The third kappa shape index (κ3) is 5.29. The molecule has 0 aliphatic heterocycles. The third-order valence-electron chi connectivity index (χ3n) is 3.87. The Morgan fingerprint density at radius 1 is 1.00 bits per heavy atom. The van der Waals surface area contributed by atoms with Gasteiger partial charge < -0.3 is 20.1 Å². The van der Waals surface area contributed by atoms with Gasteiger partial charge in [0.05, 0.1) is 13.7 Å². The van der Waals surface area contributed by atoms with Crippen LogP contribution in [0.5, 0.6) is 11.5 Å². The summed E-state index contributed by atoms with van der Waals surface area (Å²) in [6, 6.07) is 14.3. The number of nitrogens with zero attached hydrogens (tertiary/aromatic N) is 2. The van der Waals surface area contributed by atoms with Gasteiger partial charge in [0, 0.05) is 17.8 Å².